The molecule has 7 nitrogen and oxygen atoms in total. The first-order valence-corrected chi connectivity index (χ1v) is 11.9. The van der Waals surface area contributed by atoms with Crippen LogP contribution in [-0.4, -0.2) is 50.8 Å². The SMILES string of the molecule is Cc1nn(-c2ccccc2)c(Cl)c1CSc1nnc(N2CCOCC2)n1-c1cccc(F)c1. The summed E-state index contributed by atoms with van der Waals surface area (Å²) in [6.45, 7) is 4.58. The van der Waals surface area contributed by atoms with E-state index in [1.165, 1.54) is 23.9 Å². The van der Waals surface area contributed by atoms with Crippen LogP contribution in [0.2, 0.25) is 5.15 Å². The van der Waals surface area contributed by atoms with Gasteiger partial charge in [-0.2, -0.15) is 5.10 Å². The molecule has 0 N–H and O–H groups in total. The third-order valence-electron chi connectivity index (χ3n) is 5.44. The first-order chi connectivity index (χ1) is 16.1. The summed E-state index contributed by atoms with van der Waals surface area (Å²) < 4.78 is 23.2. The maximum absolute atomic E-state index is 14.1. The van der Waals surface area contributed by atoms with Crippen LogP contribution in [0.3, 0.4) is 0 Å². The number of anilines is 1. The van der Waals surface area contributed by atoms with Gasteiger partial charge in [0.2, 0.25) is 5.95 Å². The second-order valence-corrected chi connectivity index (χ2v) is 8.89. The number of ether oxygens (including phenoxy) is 1. The summed E-state index contributed by atoms with van der Waals surface area (Å²) in [7, 11) is 0. The van der Waals surface area contributed by atoms with Gasteiger partial charge in [0.25, 0.3) is 0 Å². The molecule has 3 heterocycles. The Morgan fingerprint density at radius 2 is 1.79 bits per heavy atom. The molecular formula is C23H22ClFN6OS. The second kappa shape index (κ2) is 9.54. The van der Waals surface area contributed by atoms with E-state index in [2.05, 4.69) is 20.2 Å². The van der Waals surface area contributed by atoms with E-state index in [4.69, 9.17) is 16.3 Å². The molecule has 0 radical (unpaired) electrons. The fourth-order valence-electron chi connectivity index (χ4n) is 3.74. The Kier molecular flexibility index (Phi) is 6.34. The van der Waals surface area contributed by atoms with Crippen molar-refractivity contribution in [3.63, 3.8) is 0 Å². The fraction of sp³-hybridized carbons (Fsp3) is 0.261. The van der Waals surface area contributed by atoms with Gasteiger partial charge in [0.05, 0.1) is 30.3 Å². The molecule has 0 atom stereocenters. The molecule has 0 saturated carbocycles. The third-order valence-corrected chi connectivity index (χ3v) is 6.79. The summed E-state index contributed by atoms with van der Waals surface area (Å²) in [5, 5.41) is 14.7. The summed E-state index contributed by atoms with van der Waals surface area (Å²) in [6, 6.07) is 16.2. The molecule has 4 aromatic rings. The van der Waals surface area contributed by atoms with Crippen molar-refractivity contribution in [3.8, 4) is 11.4 Å². The molecule has 1 aliphatic heterocycles. The van der Waals surface area contributed by atoms with E-state index in [0.717, 1.165) is 16.9 Å². The van der Waals surface area contributed by atoms with Crippen LogP contribution in [0, 0.1) is 12.7 Å². The number of morpholine rings is 1. The number of benzene rings is 2. The van der Waals surface area contributed by atoms with Gasteiger partial charge < -0.3 is 9.64 Å². The van der Waals surface area contributed by atoms with E-state index < -0.39 is 0 Å². The summed E-state index contributed by atoms with van der Waals surface area (Å²) in [5.74, 6) is 0.913. The zero-order valence-electron chi connectivity index (χ0n) is 18.0. The van der Waals surface area contributed by atoms with E-state index in [9.17, 15) is 4.39 Å². The molecule has 0 unspecified atom stereocenters. The highest BCUT2D eigenvalue weighted by molar-refractivity contribution is 7.98. The monoisotopic (exact) mass is 484 g/mol. The Bertz CT molecular complexity index is 1260. The van der Waals surface area contributed by atoms with E-state index >= 15 is 0 Å². The van der Waals surface area contributed by atoms with Crippen molar-refractivity contribution in [3.05, 3.63) is 76.8 Å². The largest absolute Gasteiger partial charge is 0.378 e. The number of thioether (sulfide) groups is 1. The third kappa shape index (κ3) is 4.48. The average Bonchev–Trinajstić information content (AvgIpc) is 3.39. The molecule has 0 bridgehead atoms. The van der Waals surface area contributed by atoms with E-state index in [1.54, 1.807) is 10.7 Å². The molecule has 33 heavy (non-hydrogen) atoms. The predicted octanol–water partition coefficient (Wildman–Crippen LogP) is 4.68. The maximum Gasteiger partial charge on any atom is 0.232 e. The molecule has 1 aliphatic rings. The number of aromatic nitrogens is 5. The number of nitrogens with zero attached hydrogens (tertiary/aromatic N) is 6. The van der Waals surface area contributed by atoms with Crippen molar-refractivity contribution in [2.45, 2.75) is 17.8 Å². The summed E-state index contributed by atoms with van der Waals surface area (Å²) in [4.78, 5) is 2.11. The number of para-hydroxylation sites is 1. The second-order valence-electron chi connectivity index (χ2n) is 7.59. The molecule has 2 aromatic heterocycles. The highest BCUT2D eigenvalue weighted by atomic mass is 35.5. The molecule has 1 fully saturated rings. The van der Waals surface area contributed by atoms with E-state index in [1.807, 2.05) is 47.9 Å². The van der Waals surface area contributed by atoms with Crippen molar-refractivity contribution in [1.82, 2.24) is 24.5 Å². The highest BCUT2D eigenvalue weighted by Gasteiger charge is 2.23. The maximum atomic E-state index is 14.1. The standard InChI is InChI=1S/C23H22ClFN6OS/c1-16-20(21(24)31(28-16)18-7-3-2-4-8-18)15-33-23-27-26-22(29-10-12-32-13-11-29)30(23)19-9-5-6-17(25)14-19/h2-9,14H,10-13,15H2,1H3. The van der Waals surface area contributed by atoms with Crippen molar-refractivity contribution in [2.75, 3.05) is 31.2 Å². The van der Waals surface area contributed by atoms with Gasteiger partial charge >= 0.3 is 0 Å². The van der Waals surface area contributed by atoms with Crippen molar-refractivity contribution in [2.24, 2.45) is 0 Å². The van der Waals surface area contributed by atoms with Gasteiger partial charge in [-0.3, -0.25) is 4.57 Å². The minimum absolute atomic E-state index is 0.312. The molecule has 0 aliphatic carbocycles. The Morgan fingerprint density at radius 3 is 2.55 bits per heavy atom. The minimum atomic E-state index is -0.312. The van der Waals surface area contributed by atoms with Gasteiger partial charge in [0.1, 0.15) is 11.0 Å². The minimum Gasteiger partial charge on any atom is -0.378 e. The number of halogens is 2. The van der Waals surface area contributed by atoms with E-state index in [0.29, 0.717) is 54.0 Å². The Labute approximate surface area is 200 Å². The number of rotatable bonds is 6. The summed E-state index contributed by atoms with van der Waals surface area (Å²) >= 11 is 8.20. The van der Waals surface area contributed by atoms with Gasteiger partial charge in [-0.1, -0.05) is 47.6 Å². The quantitative estimate of drug-likeness (QED) is 0.370. The Morgan fingerprint density at radius 1 is 1.03 bits per heavy atom. The van der Waals surface area contributed by atoms with Gasteiger partial charge in [-0.25, -0.2) is 9.07 Å². The van der Waals surface area contributed by atoms with Crippen molar-refractivity contribution >= 4 is 29.3 Å². The Balaban J connectivity index is 1.47. The van der Waals surface area contributed by atoms with Crippen LogP contribution in [0.4, 0.5) is 10.3 Å². The topological polar surface area (TPSA) is 61.0 Å². The first-order valence-electron chi connectivity index (χ1n) is 10.6. The lowest BCUT2D eigenvalue weighted by Gasteiger charge is -2.27. The van der Waals surface area contributed by atoms with Crippen molar-refractivity contribution < 1.29 is 9.13 Å². The van der Waals surface area contributed by atoms with Crippen LogP contribution >= 0.6 is 23.4 Å². The smallest absolute Gasteiger partial charge is 0.232 e. The predicted molar refractivity (Wildman–Crippen MR) is 127 cm³/mol. The van der Waals surface area contributed by atoms with Crippen LogP contribution in [0.15, 0.2) is 59.8 Å². The zero-order valence-corrected chi connectivity index (χ0v) is 19.6. The van der Waals surface area contributed by atoms with Gasteiger partial charge in [-0.15, -0.1) is 10.2 Å². The number of hydrogen-bond donors (Lipinski definition) is 0. The van der Waals surface area contributed by atoms with Gasteiger partial charge in [-0.05, 0) is 37.3 Å². The van der Waals surface area contributed by atoms with Crippen molar-refractivity contribution in [1.29, 1.82) is 0 Å². The molecule has 0 amide bonds. The molecule has 2 aromatic carbocycles. The molecule has 10 heteroatoms. The lowest BCUT2D eigenvalue weighted by Crippen LogP contribution is -2.37. The van der Waals surface area contributed by atoms with Crippen LogP contribution in [0.25, 0.3) is 11.4 Å². The summed E-state index contributed by atoms with van der Waals surface area (Å²) in [6.07, 6.45) is 0. The van der Waals surface area contributed by atoms with Crippen LogP contribution in [0.1, 0.15) is 11.3 Å². The van der Waals surface area contributed by atoms with Crippen LogP contribution in [0.5, 0.6) is 0 Å². The lowest BCUT2D eigenvalue weighted by molar-refractivity contribution is 0.122. The zero-order chi connectivity index (χ0) is 22.8. The average molecular weight is 485 g/mol. The molecular weight excluding hydrogens is 463 g/mol. The number of aryl methyl sites for hydroxylation is 1. The highest BCUT2D eigenvalue weighted by Crippen LogP contribution is 2.33. The fourth-order valence-corrected chi connectivity index (χ4v) is 5.19. The Hall–Kier alpha value is -2.88. The van der Waals surface area contributed by atoms with Gasteiger partial charge in [0, 0.05) is 24.4 Å². The van der Waals surface area contributed by atoms with E-state index in [-0.39, 0.29) is 5.82 Å². The van der Waals surface area contributed by atoms with Crippen LogP contribution in [-0.2, 0) is 10.5 Å². The lowest BCUT2D eigenvalue weighted by atomic mass is 10.3. The summed E-state index contributed by atoms with van der Waals surface area (Å²) in [5.41, 5.74) is 3.35. The number of hydrogen-bond acceptors (Lipinski definition) is 6. The molecule has 1 saturated heterocycles. The van der Waals surface area contributed by atoms with Gasteiger partial charge in [0.15, 0.2) is 5.16 Å². The molecule has 0 spiro atoms. The normalized spacial score (nSPS) is 14.1. The van der Waals surface area contributed by atoms with Crippen LogP contribution < -0.4 is 4.90 Å². The molecule has 170 valence electrons. The first kappa shape index (κ1) is 21.9. The molecule has 5 rings (SSSR count).